The number of hydrogen-bond donors (Lipinski definition) is 3. The number of morpholine rings is 2. The van der Waals surface area contributed by atoms with Crippen LogP contribution in [-0.2, 0) is 27.2 Å². The van der Waals surface area contributed by atoms with E-state index in [-0.39, 0.29) is 18.1 Å². The number of nitrogens with zero attached hydrogens (tertiary/aromatic N) is 2. The van der Waals surface area contributed by atoms with Gasteiger partial charge in [-0.1, -0.05) is 17.7 Å². The molecule has 3 aliphatic heterocycles. The van der Waals surface area contributed by atoms with E-state index in [1.165, 1.54) is 16.7 Å². The zero-order chi connectivity index (χ0) is 24.9. The number of ether oxygens (including phenoxy) is 2. The van der Waals surface area contributed by atoms with Crippen LogP contribution in [0, 0.1) is 0 Å². The topological polar surface area (TPSA) is 91.5 Å². The Kier molecular flexibility index (Phi) is 6.25. The van der Waals surface area contributed by atoms with Crippen molar-refractivity contribution in [2.24, 2.45) is 0 Å². The second-order valence-electron chi connectivity index (χ2n) is 10.3. The number of H-pyrrole nitrogens is 1. The molecule has 6 rings (SSSR count). The van der Waals surface area contributed by atoms with Gasteiger partial charge in [0, 0.05) is 56.1 Å². The average Bonchev–Trinajstić information content (AvgIpc) is 3.27. The lowest BCUT2D eigenvalue weighted by molar-refractivity contribution is -0.168. The number of aromatic amines is 1. The fourth-order valence-electron chi connectivity index (χ4n) is 5.74. The zero-order valence-corrected chi connectivity index (χ0v) is 21.5. The van der Waals surface area contributed by atoms with E-state index in [9.17, 15) is 4.79 Å². The van der Waals surface area contributed by atoms with Crippen LogP contribution in [0.1, 0.15) is 36.6 Å². The third kappa shape index (κ3) is 4.31. The van der Waals surface area contributed by atoms with Crippen LogP contribution in [0.15, 0.2) is 30.6 Å². The van der Waals surface area contributed by atoms with Crippen molar-refractivity contribution in [1.29, 1.82) is 0 Å². The SMILES string of the molecule is C[C@@H]1CNC[C@](C)(C(=O)N2CCc3cc(-c4cnc5[nH]cc(Cl)c5c4)cc(C4COCCN4)c3C2)O1. The van der Waals surface area contributed by atoms with Gasteiger partial charge < -0.3 is 30.0 Å². The van der Waals surface area contributed by atoms with Crippen LogP contribution < -0.4 is 10.6 Å². The summed E-state index contributed by atoms with van der Waals surface area (Å²) in [4.78, 5) is 23.3. The average molecular weight is 510 g/mol. The van der Waals surface area contributed by atoms with Crippen LogP contribution >= 0.6 is 11.6 Å². The molecule has 3 aliphatic rings. The first-order valence-electron chi connectivity index (χ1n) is 12.7. The molecular formula is C27H32ClN5O3. The number of hydrogen-bond acceptors (Lipinski definition) is 6. The minimum absolute atomic E-state index is 0.00552. The van der Waals surface area contributed by atoms with Crippen LogP contribution in [0.3, 0.4) is 0 Å². The van der Waals surface area contributed by atoms with E-state index >= 15 is 0 Å². The first-order chi connectivity index (χ1) is 17.4. The van der Waals surface area contributed by atoms with Crippen LogP contribution in [-0.4, -0.2) is 71.9 Å². The maximum Gasteiger partial charge on any atom is 0.256 e. The normalized spacial score (nSPS) is 26.7. The highest BCUT2D eigenvalue weighted by Crippen LogP contribution is 2.36. The fraction of sp³-hybridized carbons (Fsp3) is 0.481. The van der Waals surface area contributed by atoms with E-state index in [1.54, 1.807) is 6.20 Å². The molecule has 2 fully saturated rings. The van der Waals surface area contributed by atoms with Crippen molar-refractivity contribution >= 4 is 28.5 Å². The predicted molar refractivity (Wildman–Crippen MR) is 139 cm³/mol. The minimum Gasteiger partial charge on any atom is -0.378 e. The Bertz CT molecular complexity index is 1300. The van der Waals surface area contributed by atoms with E-state index in [4.69, 9.17) is 21.1 Å². The fourth-order valence-corrected chi connectivity index (χ4v) is 5.94. The van der Waals surface area contributed by atoms with Crippen molar-refractivity contribution < 1.29 is 14.3 Å². The molecule has 5 heterocycles. The summed E-state index contributed by atoms with van der Waals surface area (Å²) in [6.07, 6.45) is 4.45. The van der Waals surface area contributed by atoms with Gasteiger partial charge in [-0.05, 0) is 54.7 Å². The molecule has 1 unspecified atom stereocenters. The monoisotopic (exact) mass is 509 g/mol. The lowest BCUT2D eigenvalue weighted by Gasteiger charge is -2.42. The molecule has 0 spiro atoms. The molecule has 2 aromatic heterocycles. The number of pyridine rings is 1. The summed E-state index contributed by atoms with van der Waals surface area (Å²) >= 11 is 6.38. The van der Waals surface area contributed by atoms with Gasteiger partial charge in [0.25, 0.3) is 5.91 Å². The van der Waals surface area contributed by atoms with Crippen molar-refractivity contribution in [3.63, 3.8) is 0 Å². The maximum absolute atomic E-state index is 13.6. The first kappa shape index (κ1) is 23.9. The number of rotatable bonds is 3. The molecule has 1 aromatic carbocycles. The Hall–Kier alpha value is -2.49. The number of amides is 1. The van der Waals surface area contributed by atoms with Crippen LogP contribution in [0.2, 0.25) is 5.02 Å². The molecule has 3 aromatic rings. The van der Waals surface area contributed by atoms with Gasteiger partial charge in [-0.15, -0.1) is 0 Å². The van der Waals surface area contributed by atoms with E-state index in [2.05, 4.69) is 38.8 Å². The number of fused-ring (bicyclic) bond motifs is 2. The van der Waals surface area contributed by atoms with Gasteiger partial charge in [0.2, 0.25) is 0 Å². The lowest BCUT2D eigenvalue weighted by atomic mass is 9.86. The second kappa shape index (κ2) is 9.43. The summed E-state index contributed by atoms with van der Waals surface area (Å²) in [5.74, 6) is 0.0480. The summed E-state index contributed by atoms with van der Waals surface area (Å²) in [6.45, 7) is 8.54. The maximum atomic E-state index is 13.6. The molecule has 2 saturated heterocycles. The summed E-state index contributed by atoms with van der Waals surface area (Å²) in [5, 5.41) is 8.54. The molecule has 190 valence electrons. The van der Waals surface area contributed by atoms with Crippen LogP contribution in [0.4, 0.5) is 0 Å². The van der Waals surface area contributed by atoms with Crippen LogP contribution in [0.5, 0.6) is 0 Å². The Morgan fingerprint density at radius 3 is 2.97 bits per heavy atom. The highest BCUT2D eigenvalue weighted by Gasteiger charge is 2.42. The van der Waals surface area contributed by atoms with Gasteiger partial charge in [0.1, 0.15) is 5.65 Å². The zero-order valence-electron chi connectivity index (χ0n) is 20.7. The van der Waals surface area contributed by atoms with Gasteiger partial charge in [-0.3, -0.25) is 4.79 Å². The third-order valence-electron chi connectivity index (χ3n) is 7.58. The standard InChI is InChI=1S/C27H32ClN5O3/c1-16-10-29-15-27(2,36-16)26(34)33-5-3-17-7-18(19-9-21-23(28)12-32-25(21)31-11-19)8-20(22(17)13-33)24-14-35-6-4-30-24/h7-9,11-12,16,24,29-30H,3-6,10,13-15H2,1-2H3,(H,31,32)/t16-,24?,27-/m1/s1. The Morgan fingerprint density at radius 1 is 1.28 bits per heavy atom. The number of carbonyl (C=O) groups is 1. The number of aromatic nitrogens is 2. The quantitative estimate of drug-likeness (QED) is 0.502. The Labute approximate surface area is 215 Å². The molecule has 3 N–H and O–H groups in total. The molecule has 0 bridgehead atoms. The number of carbonyl (C=O) groups excluding carboxylic acids is 1. The molecule has 36 heavy (non-hydrogen) atoms. The third-order valence-corrected chi connectivity index (χ3v) is 7.90. The molecule has 9 heteroatoms. The largest absolute Gasteiger partial charge is 0.378 e. The van der Waals surface area contributed by atoms with Crippen molar-refractivity contribution in [3.05, 3.63) is 52.3 Å². The number of nitrogens with one attached hydrogen (secondary N) is 3. The van der Waals surface area contributed by atoms with Crippen LogP contribution in [0.25, 0.3) is 22.2 Å². The molecule has 0 radical (unpaired) electrons. The minimum atomic E-state index is -0.849. The second-order valence-corrected chi connectivity index (χ2v) is 10.7. The van der Waals surface area contributed by atoms with Crippen molar-refractivity contribution in [2.75, 3.05) is 39.4 Å². The first-order valence-corrected chi connectivity index (χ1v) is 13.1. The predicted octanol–water partition coefficient (Wildman–Crippen LogP) is 3.20. The van der Waals surface area contributed by atoms with E-state index in [1.807, 2.05) is 24.9 Å². The molecule has 8 nitrogen and oxygen atoms in total. The highest BCUT2D eigenvalue weighted by molar-refractivity contribution is 6.35. The smallest absolute Gasteiger partial charge is 0.256 e. The Morgan fingerprint density at radius 2 is 2.17 bits per heavy atom. The van der Waals surface area contributed by atoms with Crippen molar-refractivity contribution in [3.8, 4) is 11.1 Å². The summed E-state index contributed by atoms with van der Waals surface area (Å²) in [6, 6.07) is 6.63. The molecule has 1 amide bonds. The number of halogens is 1. The summed E-state index contributed by atoms with van der Waals surface area (Å²) in [5.41, 5.74) is 5.70. The molecule has 3 atom stereocenters. The highest BCUT2D eigenvalue weighted by atomic mass is 35.5. The van der Waals surface area contributed by atoms with Crippen molar-refractivity contribution in [2.45, 2.75) is 44.6 Å². The van der Waals surface area contributed by atoms with Gasteiger partial charge in [0.15, 0.2) is 5.60 Å². The lowest BCUT2D eigenvalue weighted by Crippen LogP contribution is -2.60. The molecular weight excluding hydrogens is 478 g/mol. The van der Waals surface area contributed by atoms with Gasteiger partial charge >= 0.3 is 0 Å². The summed E-state index contributed by atoms with van der Waals surface area (Å²) in [7, 11) is 0. The number of benzene rings is 1. The van der Waals surface area contributed by atoms with Gasteiger partial charge in [0.05, 0.1) is 30.4 Å². The van der Waals surface area contributed by atoms with E-state index < -0.39 is 5.60 Å². The molecule has 0 aliphatic carbocycles. The summed E-state index contributed by atoms with van der Waals surface area (Å²) < 4.78 is 12.0. The van der Waals surface area contributed by atoms with Gasteiger partial charge in [-0.2, -0.15) is 0 Å². The van der Waals surface area contributed by atoms with E-state index in [0.717, 1.165) is 41.7 Å². The molecule has 0 saturated carbocycles. The van der Waals surface area contributed by atoms with Crippen molar-refractivity contribution in [1.82, 2.24) is 25.5 Å². The van der Waals surface area contributed by atoms with E-state index in [0.29, 0.717) is 37.9 Å². The Balaban J connectivity index is 1.37. The van der Waals surface area contributed by atoms with Gasteiger partial charge in [-0.25, -0.2) is 4.98 Å².